The predicted molar refractivity (Wildman–Crippen MR) is 82.5 cm³/mol. The lowest BCUT2D eigenvalue weighted by molar-refractivity contribution is -0.130. The number of hydrogen-bond acceptors (Lipinski definition) is 2. The van der Waals surface area contributed by atoms with E-state index in [0.29, 0.717) is 12.0 Å². The fourth-order valence-electron chi connectivity index (χ4n) is 2.88. The lowest BCUT2D eigenvalue weighted by Gasteiger charge is -2.37. The minimum absolute atomic E-state index is 0.199. The molecule has 0 spiro atoms. The molecular formula is C17H26N2O. The SMILES string of the molecule is CCc1ccc(CN[C@@H]2CCN(C(C)=O)C[C@@H]2C)cc1. The van der Waals surface area contributed by atoms with Gasteiger partial charge in [0.1, 0.15) is 0 Å². The standard InChI is InChI=1S/C17H26N2O/c1-4-15-5-7-16(8-6-15)11-18-17-9-10-19(14(3)20)12-13(17)2/h5-8,13,17-18H,4,9-12H2,1-3H3/t13-,17+/m0/s1. The van der Waals surface area contributed by atoms with Gasteiger partial charge in [-0.3, -0.25) is 4.79 Å². The lowest BCUT2D eigenvalue weighted by Crippen LogP contribution is -2.49. The van der Waals surface area contributed by atoms with Gasteiger partial charge in [-0.05, 0) is 29.9 Å². The summed E-state index contributed by atoms with van der Waals surface area (Å²) in [5.41, 5.74) is 2.72. The minimum atomic E-state index is 0.199. The number of hydrogen-bond donors (Lipinski definition) is 1. The van der Waals surface area contributed by atoms with E-state index in [9.17, 15) is 4.79 Å². The van der Waals surface area contributed by atoms with Gasteiger partial charge in [-0.15, -0.1) is 0 Å². The van der Waals surface area contributed by atoms with Crippen LogP contribution in [0.5, 0.6) is 0 Å². The monoisotopic (exact) mass is 274 g/mol. The van der Waals surface area contributed by atoms with Gasteiger partial charge in [-0.2, -0.15) is 0 Å². The normalized spacial score (nSPS) is 22.9. The van der Waals surface area contributed by atoms with Crippen LogP contribution >= 0.6 is 0 Å². The molecule has 1 amide bonds. The maximum Gasteiger partial charge on any atom is 0.219 e. The van der Waals surface area contributed by atoms with Crippen molar-refractivity contribution in [1.82, 2.24) is 10.2 Å². The van der Waals surface area contributed by atoms with Crippen molar-refractivity contribution in [2.75, 3.05) is 13.1 Å². The van der Waals surface area contributed by atoms with Crippen molar-refractivity contribution in [1.29, 1.82) is 0 Å². The second kappa shape index (κ2) is 6.89. The van der Waals surface area contributed by atoms with E-state index in [4.69, 9.17) is 0 Å². The Labute approximate surface area is 122 Å². The first-order valence-corrected chi connectivity index (χ1v) is 7.67. The Morgan fingerprint density at radius 2 is 1.95 bits per heavy atom. The summed E-state index contributed by atoms with van der Waals surface area (Å²) in [4.78, 5) is 13.4. The Balaban J connectivity index is 1.83. The number of carbonyl (C=O) groups is 1. The quantitative estimate of drug-likeness (QED) is 0.915. The van der Waals surface area contributed by atoms with Gasteiger partial charge in [0.25, 0.3) is 0 Å². The Morgan fingerprint density at radius 1 is 1.30 bits per heavy atom. The molecule has 0 radical (unpaired) electrons. The van der Waals surface area contributed by atoms with E-state index in [2.05, 4.69) is 43.4 Å². The molecule has 20 heavy (non-hydrogen) atoms. The van der Waals surface area contributed by atoms with Crippen molar-refractivity contribution in [2.45, 2.75) is 46.2 Å². The first-order chi connectivity index (χ1) is 9.60. The van der Waals surface area contributed by atoms with Crippen LogP contribution in [0.2, 0.25) is 0 Å². The molecule has 1 N–H and O–H groups in total. The van der Waals surface area contributed by atoms with Crippen LogP contribution in [0.4, 0.5) is 0 Å². The van der Waals surface area contributed by atoms with E-state index in [0.717, 1.165) is 32.5 Å². The molecule has 1 heterocycles. The smallest absolute Gasteiger partial charge is 0.219 e. The molecule has 0 aromatic heterocycles. The van der Waals surface area contributed by atoms with Gasteiger partial charge < -0.3 is 10.2 Å². The van der Waals surface area contributed by atoms with Gasteiger partial charge in [-0.1, -0.05) is 38.1 Å². The van der Waals surface area contributed by atoms with Crippen molar-refractivity contribution in [3.8, 4) is 0 Å². The van der Waals surface area contributed by atoms with Crippen molar-refractivity contribution in [3.63, 3.8) is 0 Å². The summed E-state index contributed by atoms with van der Waals surface area (Å²) in [7, 11) is 0. The van der Waals surface area contributed by atoms with Crippen LogP contribution in [0.3, 0.4) is 0 Å². The van der Waals surface area contributed by atoms with E-state index in [1.54, 1.807) is 6.92 Å². The minimum Gasteiger partial charge on any atom is -0.343 e. The molecule has 0 aliphatic carbocycles. The van der Waals surface area contributed by atoms with Gasteiger partial charge in [0.2, 0.25) is 5.91 Å². The van der Waals surface area contributed by atoms with Crippen LogP contribution in [0.15, 0.2) is 24.3 Å². The highest BCUT2D eigenvalue weighted by atomic mass is 16.2. The molecule has 2 rings (SSSR count). The summed E-state index contributed by atoms with van der Waals surface area (Å²) in [6.45, 7) is 8.74. The van der Waals surface area contributed by atoms with Crippen LogP contribution in [0.25, 0.3) is 0 Å². The number of piperidine rings is 1. The maximum atomic E-state index is 11.4. The Hall–Kier alpha value is -1.35. The van der Waals surface area contributed by atoms with E-state index >= 15 is 0 Å². The number of nitrogens with zero attached hydrogens (tertiary/aromatic N) is 1. The molecular weight excluding hydrogens is 248 g/mol. The van der Waals surface area contributed by atoms with Gasteiger partial charge in [0, 0.05) is 32.6 Å². The zero-order valence-electron chi connectivity index (χ0n) is 12.9. The number of nitrogens with one attached hydrogen (secondary N) is 1. The molecule has 1 aromatic carbocycles. The number of likely N-dealkylation sites (tertiary alicyclic amines) is 1. The maximum absolute atomic E-state index is 11.4. The van der Waals surface area contributed by atoms with Gasteiger partial charge in [0.15, 0.2) is 0 Å². The van der Waals surface area contributed by atoms with Crippen LogP contribution in [-0.2, 0) is 17.8 Å². The summed E-state index contributed by atoms with van der Waals surface area (Å²) in [5.74, 6) is 0.716. The van der Waals surface area contributed by atoms with Crippen molar-refractivity contribution < 1.29 is 4.79 Å². The van der Waals surface area contributed by atoms with Crippen molar-refractivity contribution in [2.24, 2.45) is 5.92 Å². The Bertz CT molecular complexity index is 441. The average molecular weight is 274 g/mol. The summed E-state index contributed by atoms with van der Waals surface area (Å²) in [5, 5.41) is 3.65. The zero-order chi connectivity index (χ0) is 14.5. The largest absolute Gasteiger partial charge is 0.343 e. The summed E-state index contributed by atoms with van der Waals surface area (Å²) >= 11 is 0. The molecule has 1 aliphatic rings. The first-order valence-electron chi connectivity index (χ1n) is 7.67. The Kier molecular flexibility index (Phi) is 5.18. The third-order valence-electron chi connectivity index (χ3n) is 4.35. The number of benzene rings is 1. The first kappa shape index (κ1) is 15.0. The van der Waals surface area contributed by atoms with Crippen LogP contribution in [0, 0.1) is 5.92 Å². The molecule has 1 aromatic rings. The molecule has 0 unspecified atom stereocenters. The van der Waals surface area contributed by atoms with E-state index in [1.807, 2.05) is 4.90 Å². The second-order valence-corrected chi connectivity index (χ2v) is 5.89. The summed E-state index contributed by atoms with van der Waals surface area (Å²) in [6.07, 6.45) is 2.14. The van der Waals surface area contributed by atoms with E-state index < -0.39 is 0 Å². The van der Waals surface area contributed by atoms with Gasteiger partial charge in [-0.25, -0.2) is 0 Å². The number of carbonyl (C=O) groups excluding carboxylic acids is 1. The third-order valence-corrected chi connectivity index (χ3v) is 4.35. The fourth-order valence-corrected chi connectivity index (χ4v) is 2.88. The van der Waals surface area contributed by atoms with Crippen LogP contribution in [0.1, 0.15) is 38.3 Å². The third kappa shape index (κ3) is 3.83. The molecule has 1 saturated heterocycles. The molecule has 0 bridgehead atoms. The summed E-state index contributed by atoms with van der Waals surface area (Å²) < 4.78 is 0. The molecule has 1 fully saturated rings. The highest BCUT2D eigenvalue weighted by Crippen LogP contribution is 2.17. The van der Waals surface area contributed by atoms with Crippen LogP contribution < -0.4 is 5.32 Å². The summed E-state index contributed by atoms with van der Waals surface area (Å²) in [6, 6.07) is 9.34. The van der Waals surface area contributed by atoms with Crippen molar-refractivity contribution in [3.05, 3.63) is 35.4 Å². The molecule has 110 valence electrons. The number of rotatable bonds is 4. The molecule has 3 heteroatoms. The van der Waals surface area contributed by atoms with E-state index in [1.165, 1.54) is 11.1 Å². The fraction of sp³-hybridized carbons (Fsp3) is 0.588. The number of amides is 1. The molecule has 1 aliphatic heterocycles. The predicted octanol–water partition coefficient (Wildman–Crippen LogP) is 2.60. The topological polar surface area (TPSA) is 32.3 Å². The zero-order valence-corrected chi connectivity index (χ0v) is 12.9. The van der Waals surface area contributed by atoms with Crippen LogP contribution in [-0.4, -0.2) is 29.9 Å². The molecule has 3 nitrogen and oxygen atoms in total. The lowest BCUT2D eigenvalue weighted by atomic mass is 9.93. The molecule has 2 atom stereocenters. The van der Waals surface area contributed by atoms with Crippen molar-refractivity contribution >= 4 is 5.91 Å². The molecule has 0 saturated carbocycles. The highest BCUT2D eigenvalue weighted by Gasteiger charge is 2.26. The van der Waals surface area contributed by atoms with E-state index in [-0.39, 0.29) is 5.91 Å². The van der Waals surface area contributed by atoms with Gasteiger partial charge >= 0.3 is 0 Å². The Morgan fingerprint density at radius 3 is 2.50 bits per heavy atom. The number of aryl methyl sites for hydroxylation is 1. The van der Waals surface area contributed by atoms with Gasteiger partial charge in [0.05, 0.1) is 0 Å². The highest BCUT2D eigenvalue weighted by molar-refractivity contribution is 5.73. The second-order valence-electron chi connectivity index (χ2n) is 5.89. The average Bonchev–Trinajstić information content (AvgIpc) is 2.46.